The Morgan fingerprint density at radius 1 is 1.35 bits per heavy atom. The second-order valence-corrected chi connectivity index (χ2v) is 3.97. The van der Waals surface area contributed by atoms with Crippen molar-refractivity contribution >= 4 is 0 Å². The summed E-state index contributed by atoms with van der Waals surface area (Å²) in [6, 6.07) is 6.03. The average Bonchev–Trinajstić information content (AvgIpc) is 2.70. The van der Waals surface area contributed by atoms with E-state index in [1.165, 1.54) is 0 Å². The van der Waals surface area contributed by atoms with Crippen LogP contribution in [0, 0.1) is 0 Å². The number of hydroxylamine groups is 1. The van der Waals surface area contributed by atoms with Crippen molar-refractivity contribution < 1.29 is 14.3 Å². The maximum absolute atomic E-state index is 5.94. The van der Waals surface area contributed by atoms with E-state index in [1.54, 1.807) is 7.11 Å². The molecule has 0 radical (unpaired) electrons. The number of nitrogens with one attached hydrogen (secondary N) is 1. The van der Waals surface area contributed by atoms with Gasteiger partial charge in [-0.25, -0.2) is 0 Å². The first-order chi connectivity index (χ1) is 8.31. The fourth-order valence-electron chi connectivity index (χ4n) is 2.18. The van der Waals surface area contributed by atoms with Crippen LogP contribution >= 0.6 is 0 Å². The molecule has 1 aliphatic heterocycles. The Labute approximate surface area is 102 Å². The Morgan fingerprint density at radius 3 is 2.82 bits per heavy atom. The summed E-state index contributed by atoms with van der Waals surface area (Å²) < 4.78 is 11.5. The van der Waals surface area contributed by atoms with Crippen LogP contribution in [0.25, 0.3) is 0 Å². The number of rotatable bonds is 5. The topological polar surface area (TPSA) is 39.7 Å². The summed E-state index contributed by atoms with van der Waals surface area (Å²) in [7, 11) is 1.62. The first-order valence-corrected chi connectivity index (χ1v) is 6.02. The molecule has 2 unspecified atom stereocenters. The third-order valence-corrected chi connectivity index (χ3v) is 2.93. The van der Waals surface area contributed by atoms with E-state index in [0.29, 0.717) is 6.61 Å². The van der Waals surface area contributed by atoms with Crippen LogP contribution in [-0.2, 0) is 4.84 Å². The van der Waals surface area contributed by atoms with Gasteiger partial charge in [-0.3, -0.25) is 0 Å². The summed E-state index contributed by atoms with van der Waals surface area (Å²) >= 11 is 0. The molecule has 1 heterocycles. The molecule has 0 saturated heterocycles. The Kier molecular flexibility index (Phi) is 3.86. The average molecular weight is 237 g/mol. The van der Waals surface area contributed by atoms with Gasteiger partial charge in [0, 0.05) is 5.56 Å². The highest BCUT2D eigenvalue weighted by molar-refractivity contribution is 5.51. The molecule has 2 atom stereocenters. The highest BCUT2D eigenvalue weighted by Gasteiger charge is 2.35. The molecule has 1 aromatic carbocycles. The fraction of sp³-hybridized carbons (Fsp3) is 0.538. The molecule has 94 valence electrons. The molecule has 0 aromatic heterocycles. The number of ether oxygens (including phenoxy) is 2. The third-order valence-electron chi connectivity index (χ3n) is 2.93. The zero-order valence-electron chi connectivity index (χ0n) is 10.5. The molecule has 0 fully saturated rings. The fourth-order valence-corrected chi connectivity index (χ4v) is 2.18. The van der Waals surface area contributed by atoms with Gasteiger partial charge >= 0.3 is 0 Å². The lowest BCUT2D eigenvalue weighted by molar-refractivity contribution is 0.0280. The maximum atomic E-state index is 5.94. The molecule has 17 heavy (non-hydrogen) atoms. The molecule has 0 bridgehead atoms. The number of fused-ring (bicyclic) bond motifs is 1. The Morgan fingerprint density at radius 2 is 2.18 bits per heavy atom. The van der Waals surface area contributed by atoms with Gasteiger partial charge in [0.1, 0.15) is 6.10 Å². The highest BCUT2D eigenvalue weighted by Crippen LogP contribution is 2.43. The first kappa shape index (κ1) is 12.2. The standard InChI is InChI=1S/C13H19NO3/c1-4-10-12(14-15-3)9-7-6-8-11(16-5-2)13(9)17-10/h6-8,10,12,14H,4-5H2,1-3H3. The van der Waals surface area contributed by atoms with E-state index in [4.69, 9.17) is 14.3 Å². The number of benzene rings is 1. The van der Waals surface area contributed by atoms with Crippen molar-refractivity contribution in [3.05, 3.63) is 23.8 Å². The van der Waals surface area contributed by atoms with Crippen molar-refractivity contribution in [1.82, 2.24) is 5.48 Å². The van der Waals surface area contributed by atoms with E-state index in [2.05, 4.69) is 12.4 Å². The van der Waals surface area contributed by atoms with Gasteiger partial charge in [-0.2, -0.15) is 5.48 Å². The molecular formula is C13H19NO3. The van der Waals surface area contributed by atoms with E-state index in [-0.39, 0.29) is 12.1 Å². The van der Waals surface area contributed by atoms with Crippen LogP contribution < -0.4 is 15.0 Å². The zero-order chi connectivity index (χ0) is 12.3. The van der Waals surface area contributed by atoms with Gasteiger partial charge < -0.3 is 14.3 Å². The van der Waals surface area contributed by atoms with Crippen LogP contribution in [0.1, 0.15) is 31.9 Å². The minimum atomic E-state index is 0.0698. The van der Waals surface area contributed by atoms with Crippen LogP contribution in [0.4, 0.5) is 0 Å². The SMILES string of the molecule is CCOc1cccc2c1OC(CC)C2NOC. The number of hydrogen-bond acceptors (Lipinski definition) is 4. The Balaban J connectivity index is 2.32. The Bertz CT molecular complexity index is 381. The van der Waals surface area contributed by atoms with Crippen molar-refractivity contribution in [2.75, 3.05) is 13.7 Å². The molecule has 4 nitrogen and oxygen atoms in total. The summed E-state index contributed by atoms with van der Waals surface area (Å²) in [5.74, 6) is 1.65. The van der Waals surface area contributed by atoms with Crippen LogP contribution in [0.3, 0.4) is 0 Å². The van der Waals surface area contributed by atoms with Crippen LogP contribution in [-0.4, -0.2) is 19.8 Å². The molecule has 1 N–H and O–H groups in total. The van der Waals surface area contributed by atoms with Gasteiger partial charge in [-0.05, 0) is 19.4 Å². The van der Waals surface area contributed by atoms with Crippen molar-refractivity contribution in [3.8, 4) is 11.5 Å². The molecule has 0 amide bonds. The normalized spacial score (nSPS) is 22.1. The maximum Gasteiger partial charge on any atom is 0.166 e. The van der Waals surface area contributed by atoms with Gasteiger partial charge in [0.05, 0.1) is 19.8 Å². The monoisotopic (exact) mass is 237 g/mol. The minimum absolute atomic E-state index is 0.0698. The van der Waals surface area contributed by atoms with Gasteiger partial charge in [-0.1, -0.05) is 19.1 Å². The van der Waals surface area contributed by atoms with Gasteiger partial charge in [0.2, 0.25) is 0 Å². The molecule has 1 aromatic rings. The molecule has 4 heteroatoms. The summed E-state index contributed by atoms with van der Waals surface area (Å²) in [6.07, 6.45) is 1.01. The summed E-state index contributed by atoms with van der Waals surface area (Å²) in [5, 5.41) is 0. The van der Waals surface area contributed by atoms with E-state index in [0.717, 1.165) is 23.5 Å². The lowest BCUT2D eigenvalue weighted by atomic mass is 10.0. The largest absolute Gasteiger partial charge is 0.490 e. The van der Waals surface area contributed by atoms with Crippen molar-refractivity contribution in [3.63, 3.8) is 0 Å². The summed E-state index contributed by atoms with van der Waals surface area (Å²) in [4.78, 5) is 5.04. The van der Waals surface area contributed by atoms with Crippen molar-refractivity contribution in [2.45, 2.75) is 32.4 Å². The van der Waals surface area contributed by atoms with E-state index < -0.39 is 0 Å². The molecular weight excluding hydrogens is 218 g/mol. The first-order valence-electron chi connectivity index (χ1n) is 6.02. The molecule has 0 spiro atoms. The third kappa shape index (κ3) is 2.23. The van der Waals surface area contributed by atoms with Gasteiger partial charge in [-0.15, -0.1) is 0 Å². The smallest absolute Gasteiger partial charge is 0.166 e. The Hall–Kier alpha value is -1.26. The van der Waals surface area contributed by atoms with Crippen LogP contribution in [0.5, 0.6) is 11.5 Å². The second-order valence-electron chi connectivity index (χ2n) is 3.97. The zero-order valence-corrected chi connectivity index (χ0v) is 10.5. The summed E-state index contributed by atoms with van der Waals surface area (Å²) in [6.45, 7) is 4.71. The molecule has 1 aliphatic rings. The predicted molar refractivity (Wildman–Crippen MR) is 65.2 cm³/mol. The van der Waals surface area contributed by atoms with Crippen LogP contribution in [0.2, 0.25) is 0 Å². The van der Waals surface area contributed by atoms with E-state index in [1.807, 2.05) is 25.1 Å². The second kappa shape index (κ2) is 5.38. The predicted octanol–water partition coefficient (Wildman–Crippen LogP) is 2.45. The van der Waals surface area contributed by atoms with Crippen LogP contribution in [0.15, 0.2) is 18.2 Å². The van der Waals surface area contributed by atoms with E-state index >= 15 is 0 Å². The quantitative estimate of drug-likeness (QED) is 0.798. The molecule has 0 saturated carbocycles. The lowest BCUT2D eigenvalue weighted by Gasteiger charge is -2.17. The molecule has 0 aliphatic carbocycles. The van der Waals surface area contributed by atoms with Gasteiger partial charge in [0.15, 0.2) is 11.5 Å². The van der Waals surface area contributed by atoms with E-state index in [9.17, 15) is 0 Å². The van der Waals surface area contributed by atoms with Gasteiger partial charge in [0.25, 0.3) is 0 Å². The van der Waals surface area contributed by atoms with Crippen molar-refractivity contribution in [1.29, 1.82) is 0 Å². The number of hydrogen-bond donors (Lipinski definition) is 1. The summed E-state index contributed by atoms with van der Waals surface area (Å²) in [5.41, 5.74) is 4.09. The van der Waals surface area contributed by atoms with Crippen molar-refractivity contribution in [2.24, 2.45) is 0 Å². The highest BCUT2D eigenvalue weighted by atomic mass is 16.6. The minimum Gasteiger partial charge on any atom is -0.490 e. The molecule has 2 rings (SSSR count). The lowest BCUT2D eigenvalue weighted by Crippen LogP contribution is -2.29. The number of para-hydroxylation sites is 1.